The first-order valence-corrected chi connectivity index (χ1v) is 7.08. The monoisotopic (exact) mass is 301 g/mol. The average Bonchev–Trinajstić information content (AvgIpc) is 2.31. The molecule has 17 heavy (non-hydrogen) atoms. The number of benzene rings is 1. The Morgan fingerprint density at radius 3 is 2.59 bits per heavy atom. The molecule has 0 saturated heterocycles. The van der Waals surface area contributed by atoms with Gasteiger partial charge in [0.15, 0.2) is 0 Å². The molecular formula is C14H21BrFN. The summed E-state index contributed by atoms with van der Waals surface area (Å²) in [5.41, 5.74) is 1.12. The highest BCUT2D eigenvalue weighted by Gasteiger charge is 2.12. The summed E-state index contributed by atoms with van der Waals surface area (Å²) in [5.74, 6) is -0.207. The van der Waals surface area contributed by atoms with Crippen molar-refractivity contribution in [2.75, 3.05) is 0 Å². The lowest BCUT2D eigenvalue weighted by molar-refractivity contribution is 0.416. The van der Waals surface area contributed by atoms with Gasteiger partial charge in [-0.05, 0) is 53.4 Å². The lowest BCUT2D eigenvalue weighted by Gasteiger charge is -2.22. The maximum absolute atomic E-state index is 13.1. The molecular weight excluding hydrogens is 281 g/mol. The van der Waals surface area contributed by atoms with Crippen molar-refractivity contribution in [3.8, 4) is 0 Å². The van der Waals surface area contributed by atoms with E-state index < -0.39 is 0 Å². The number of hydrogen-bond acceptors (Lipinski definition) is 1. The SMILES string of the molecule is CCCC(CC)NC(C)c1ccc(F)c(Br)c1. The molecule has 0 spiro atoms. The third-order valence-electron chi connectivity index (χ3n) is 3.06. The van der Waals surface area contributed by atoms with Crippen LogP contribution in [0.1, 0.15) is 51.6 Å². The third-order valence-corrected chi connectivity index (χ3v) is 3.67. The van der Waals surface area contributed by atoms with E-state index in [1.54, 1.807) is 0 Å². The molecule has 1 rings (SSSR count). The second-order valence-corrected chi connectivity index (χ2v) is 5.31. The van der Waals surface area contributed by atoms with Crippen LogP contribution in [0.4, 0.5) is 4.39 Å². The molecule has 3 heteroatoms. The number of hydrogen-bond donors (Lipinski definition) is 1. The van der Waals surface area contributed by atoms with Gasteiger partial charge in [-0.15, -0.1) is 0 Å². The molecule has 0 saturated carbocycles. The summed E-state index contributed by atoms with van der Waals surface area (Å²) < 4.78 is 13.7. The minimum absolute atomic E-state index is 0.207. The van der Waals surface area contributed by atoms with E-state index in [-0.39, 0.29) is 11.9 Å². The Bertz CT molecular complexity index is 354. The van der Waals surface area contributed by atoms with E-state index in [9.17, 15) is 4.39 Å². The largest absolute Gasteiger partial charge is 0.307 e. The van der Waals surface area contributed by atoms with Gasteiger partial charge in [0, 0.05) is 12.1 Å². The Labute approximate surface area is 112 Å². The average molecular weight is 302 g/mol. The molecule has 1 aromatic carbocycles. The fourth-order valence-corrected chi connectivity index (χ4v) is 2.38. The first kappa shape index (κ1) is 14.7. The fraction of sp³-hybridized carbons (Fsp3) is 0.571. The summed E-state index contributed by atoms with van der Waals surface area (Å²) in [4.78, 5) is 0. The minimum atomic E-state index is -0.207. The van der Waals surface area contributed by atoms with Crippen LogP contribution in [0.25, 0.3) is 0 Å². The molecule has 2 unspecified atom stereocenters. The molecule has 0 radical (unpaired) electrons. The van der Waals surface area contributed by atoms with Gasteiger partial charge in [-0.3, -0.25) is 0 Å². The van der Waals surface area contributed by atoms with Gasteiger partial charge in [-0.1, -0.05) is 26.3 Å². The Balaban J connectivity index is 2.68. The molecule has 2 atom stereocenters. The summed E-state index contributed by atoms with van der Waals surface area (Å²) in [7, 11) is 0. The first-order chi connectivity index (χ1) is 8.08. The van der Waals surface area contributed by atoms with Crippen LogP contribution < -0.4 is 5.32 Å². The third kappa shape index (κ3) is 4.40. The molecule has 0 aliphatic rings. The molecule has 1 N–H and O–H groups in total. The van der Waals surface area contributed by atoms with Crippen molar-refractivity contribution in [1.29, 1.82) is 0 Å². The quantitative estimate of drug-likeness (QED) is 0.794. The van der Waals surface area contributed by atoms with Crippen LogP contribution in [0.15, 0.2) is 22.7 Å². The van der Waals surface area contributed by atoms with Crippen LogP contribution in [0.2, 0.25) is 0 Å². The summed E-state index contributed by atoms with van der Waals surface area (Å²) >= 11 is 3.23. The van der Waals surface area contributed by atoms with Gasteiger partial charge in [0.25, 0.3) is 0 Å². The van der Waals surface area contributed by atoms with Gasteiger partial charge in [0.2, 0.25) is 0 Å². The van der Waals surface area contributed by atoms with E-state index >= 15 is 0 Å². The van der Waals surface area contributed by atoms with Gasteiger partial charge in [0.1, 0.15) is 5.82 Å². The summed E-state index contributed by atoms with van der Waals surface area (Å²) in [6, 6.07) is 6.00. The molecule has 0 fully saturated rings. The zero-order valence-electron chi connectivity index (χ0n) is 10.8. The van der Waals surface area contributed by atoms with E-state index in [4.69, 9.17) is 0 Å². The normalized spacial score (nSPS) is 14.6. The number of halogens is 2. The van der Waals surface area contributed by atoms with E-state index in [0.717, 1.165) is 12.0 Å². The first-order valence-electron chi connectivity index (χ1n) is 6.29. The minimum Gasteiger partial charge on any atom is -0.307 e. The topological polar surface area (TPSA) is 12.0 Å². The van der Waals surface area contributed by atoms with Gasteiger partial charge < -0.3 is 5.32 Å². The number of rotatable bonds is 6. The second kappa shape index (κ2) is 7.12. The molecule has 0 aromatic heterocycles. The van der Waals surface area contributed by atoms with Crippen molar-refractivity contribution >= 4 is 15.9 Å². The summed E-state index contributed by atoms with van der Waals surface area (Å²) in [5, 5.41) is 3.59. The predicted octanol–water partition coefficient (Wildman–Crippen LogP) is 4.82. The highest BCUT2D eigenvalue weighted by Crippen LogP contribution is 2.22. The van der Waals surface area contributed by atoms with Crippen LogP contribution in [-0.2, 0) is 0 Å². The standard InChI is InChI=1S/C14H21BrFN/c1-4-6-12(5-2)17-10(3)11-7-8-14(16)13(15)9-11/h7-10,12,17H,4-6H2,1-3H3. The molecule has 96 valence electrons. The Hall–Kier alpha value is -0.410. The van der Waals surface area contributed by atoms with Gasteiger partial charge in [0.05, 0.1) is 4.47 Å². The van der Waals surface area contributed by atoms with E-state index in [1.165, 1.54) is 18.9 Å². The molecule has 1 aromatic rings. The maximum atomic E-state index is 13.1. The molecule has 0 heterocycles. The molecule has 0 amide bonds. The van der Waals surface area contributed by atoms with Crippen molar-refractivity contribution in [3.63, 3.8) is 0 Å². The molecule has 0 aliphatic carbocycles. The highest BCUT2D eigenvalue weighted by atomic mass is 79.9. The zero-order valence-corrected chi connectivity index (χ0v) is 12.3. The second-order valence-electron chi connectivity index (χ2n) is 4.46. The van der Waals surface area contributed by atoms with Crippen molar-refractivity contribution in [2.45, 2.75) is 52.1 Å². The smallest absolute Gasteiger partial charge is 0.137 e. The maximum Gasteiger partial charge on any atom is 0.137 e. The fourth-order valence-electron chi connectivity index (χ4n) is 1.99. The van der Waals surface area contributed by atoms with Crippen LogP contribution in [0.3, 0.4) is 0 Å². The van der Waals surface area contributed by atoms with Gasteiger partial charge >= 0.3 is 0 Å². The van der Waals surface area contributed by atoms with Crippen LogP contribution in [0, 0.1) is 5.82 Å². The predicted molar refractivity (Wildman–Crippen MR) is 74.6 cm³/mol. The van der Waals surface area contributed by atoms with E-state index in [2.05, 4.69) is 42.0 Å². The number of nitrogens with one attached hydrogen (secondary N) is 1. The van der Waals surface area contributed by atoms with Crippen LogP contribution in [0.5, 0.6) is 0 Å². The lowest BCUT2D eigenvalue weighted by Crippen LogP contribution is -2.30. The van der Waals surface area contributed by atoms with Crippen LogP contribution >= 0.6 is 15.9 Å². The van der Waals surface area contributed by atoms with Gasteiger partial charge in [-0.25, -0.2) is 4.39 Å². The molecule has 0 bridgehead atoms. The molecule has 1 nitrogen and oxygen atoms in total. The van der Waals surface area contributed by atoms with Crippen molar-refractivity contribution in [3.05, 3.63) is 34.1 Å². The van der Waals surface area contributed by atoms with Crippen molar-refractivity contribution in [1.82, 2.24) is 5.32 Å². The highest BCUT2D eigenvalue weighted by molar-refractivity contribution is 9.10. The van der Waals surface area contributed by atoms with Crippen molar-refractivity contribution in [2.24, 2.45) is 0 Å². The Morgan fingerprint density at radius 1 is 1.35 bits per heavy atom. The Kier molecular flexibility index (Phi) is 6.14. The van der Waals surface area contributed by atoms with Crippen molar-refractivity contribution < 1.29 is 4.39 Å². The zero-order chi connectivity index (χ0) is 12.8. The van der Waals surface area contributed by atoms with Gasteiger partial charge in [-0.2, -0.15) is 0 Å². The lowest BCUT2D eigenvalue weighted by atomic mass is 10.0. The van der Waals surface area contributed by atoms with E-state index in [0.29, 0.717) is 10.5 Å². The van der Waals surface area contributed by atoms with Crippen LogP contribution in [-0.4, -0.2) is 6.04 Å². The molecule has 0 aliphatic heterocycles. The summed E-state index contributed by atoms with van der Waals surface area (Å²) in [6.45, 7) is 6.52. The summed E-state index contributed by atoms with van der Waals surface area (Å²) in [6.07, 6.45) is 3.50. The Morgan fingerprint density at radius 2 is 2.06 bits per heavy atom. The van der Waals surface area contributed by atoms with E-state index in [1.807, 2.05) is 12.1 Å².